The summed E-state index contributed by atoms with van der Waals surface area (Å²) in [5.41, 5.74) is 2.83. The van der Waals surface area contributed by atoms with Crippen LogP contribution in [-0.4, -0.2) is 38.9 Å². The summed E-state index contributed by atoms with van der Waals surface area (Å²) >= 11 is 0. The van der Waals surface area contributed by atoms with Crippen LogP contribution in [0.3, 0.4) is 0 Å². The van der Waals surface area contributed by atoms with Crippen LogP contribution in [0.2, 0.25) is 0 Å². The number of halogens is 1. The fraction of sp³-hybridized carbons (Fsp3) is 0.625. The van der Waals surface area contributed by atoms with Gasteiger partial charge in [-0.1, -0.05) is 17.7 Å². The summed E-state index contributed by atoms with van der Waals surface area (Å²) in [4.78, 5) is 0.512. The number of hydrogen-bond acceptors (Lipinski definition) is 3. The molecule has 2 fully saturated rings. The van der Waals surface area contributed by atoms with Gasteiger partial charge in [0.1, 0.15) is 0 Å². The first kappa shape index (κ1) is 17.7. The van der Waals surface area contributed by atoms with Crippen molar-refractivity contribution in [2.24, 2.45) is 11.8 Å². The van der Waals surface area contributed by atoms with E-state index in [0.29, 0.717) is 29.8 Å². The molecule has 0 spiro atoms. The lowest BCUT2D eigenvalue weighted by molar-refractivity contribution is 0.227. The minimum absolute atomic E-state index is 0. The van der Waals surface area contributed by atoms with E-state index in [4.69, 9.17) is 0 Å². The van der Waals surface area contributed by atoms with Crippen molar-refractivity contribution in [3.05, 3.63) is 28.8 Å². The van der Waals surface area contributed by atoms with Gasteiger partial charge in [-0.2, -0.15) is 4.31 Å². The van der Waals surface area contributed by atoms with Crippen molar-refractivity contribution in [2.45, 2.75) is 32.1 Å². The van der Waals surface area contributed by atoms with Crippen molar-refractivity contribution in [3.63, 3.8) is 0 Å². The second-order valence-corrected chi connectivity index (χ2v) is 8.43. The zero-order valence-electron chi connectivity index (χ0n) is 13.4. The molecular weight excluding hydrogens is 320 g/mol. The number of nitrogens with one attached hydrogen (secondary N) is 1. The molecule has 0 radical (unpaired) electrons. The maximum atomic E-state index is 13.0. The molecule has 4 nitrogen and oxygen atoms in total. The predicted octanol–water partition coefficient (Wildman–Crippen LogP) is 2.26. The van der Waals surface area contributed by atoms with Crippen LogP contribution in [0.1, 0.15) is 23.1 Å². The van der Waals surface area contributed by atoms with Crippen LogP contribution < -0.4 is 5.32 Å². The normalized spacial score (nSPS) is 25.6. The Morgan fingerprint density at radius 3 is 2.32 bits per heavy atom. The van der Waals surface area contributed by atoms with Gasteiger partial charge in [-0.15, -0.1) is 12.4 Å². The van der Waals surface area contributed by atoms with Gasteiger partial charge in [0.2, 0.25) is 10.0 Å². The van der Waals surface area contributed by atoms with Gasteiger partial charge >= 0.3 is 0 Å². The number of rotatable bonds is 2. The molecule has 0 bridgehead atoms. The summed E-state index contributed by atoms with van der Waals surface area (Å²) in [6.45, 7) is 9.11. The van der Waals surface area contributed by atoms with Crippen molar-refractivity contribution in [2.75, 3.05) is 26.2 Å². The lowest BCUT2D eigenvalue weighted by Gasteiger charge is -2.34. The van der Waals surface area contributed by atoms with Crippen LogP contribution in [-0.2, 0) is 10.0 Å². The Bertz CT molecular complexity index is 637. The third-order valence-electron chi connectivity index (χ3n) is 4.87. The van der Waals surface area contributed by atoms with E-state index >= 15 is 0 Å². The Balaban J connectivity index is 0.00000176. The maximum Gasteiger partial charge on any atom is 0.243 e. The first-order chi connectivity index (χ1) is 9.89. The van der Waals surface area contributed by atoms with E-state index in [1.807, 2.05) is 32.9 Å². The van der Waals surface area contributed by atoms with E-state index in [0.717, 1.165) is 36.2 Å². The summed E-state index contributed by atoms with van der Waals surface area (Å²) in [5.74, 6) is 1.12. The Hall–Kier alpha value is -0.620. The lowest BCUT2D eigenvalue weighted by atomic mass is 9.90. The van der Waals surface area contributed by atoms with E-state index in [-0.39, 0.29) is 12.4 Å². The molecule has 0 aliphatic carbocycles. The van der Waals surface area contributed by atoms with Gasteiger partial charge in [-0.25, -0.2) is 8.42 Å². The fourth-order valence-corrected chi connectivity index (χ4v) is 5.85. The number of benzene rings is 1. The number of fused-ring (bicyclic) bond motifs is 1. The van der Waals surface area contributed by atoms with Gasteiger partial charge in [0.25, 0.3) is 0 Å². The van der Waals surface area contributed by atoms with Crippen LogP contribution in [0.5, 0.6) is 0 Å². The zero-order chi connectivity index (χ0) is 15.2. The number of sulfonamides is 1. The van der Waals surface area contributed by atoms with Crippen molar-refractivity contribution in [1.29, 1.82) is 0 Å². The molecule has 1 aromatic rings. The van der Waals surface area contributed by atoms with Gasteiger partial charge in [-0.3, -0.25) is 0 Å². The molecule has 0 amide bonds. The highest BCUT2D eigenvalue weighted by molar-refractivity contribution is 7.89. The highest BCUT2D eigenvalue weighted by Gasteiger charge is 2.38. The van der Waals surface area contributed by atoms with Crippen LogP contribution in [0.15, 0.2) is 17.0 Å². The topological polar surface area (TPSA) is 49.4 Å². The summed E-state index contributed by atoms with van der Waals surface area (Å²) in [6, 6.07) is 3.92. The highest BCUT2D eigenvalue weighted by atomic mass is 35.5. The molecular formula is C16H25ClN2O2S. The Kier molecular flexibility index (Phi) is 5.22. The van der Waals surface area contributed by atoms with Crippen molar-refractivity contribution >= 4 is 22.4 Å². The molecule has 6 heteroatoms. The van der Waals surface area contributed by atoms with Crippen LogP contribution in [0, 0.1) is 32.6 Å². The summed E-state index contributed by atoms with van der Waals surface area (Å²) in [7, 11) is -3.37. The van der Waals surface area contributed by atoms with Gasteiger partial charge < -0.3 is 5.32 Å². The van der Waals surface area contributed by atoms with Crippen molar-refractivity contribution in [3.8, 4) is 0 Å². The van der Waals surface area contributed by atoms with Crippen LogP contribution in [0.25, 0.3) is 0 Å². The quantitative estimate of drug-likeness (QED) is 0.895. The van der Waals surface area contributed by atoms with Crippen LogP contribution >= 0.6 is 12.4 Å². The fourth-order valence-electron chi connectivity index (χ4n) is 3.92. The van der Waals surface area contributed by atoms with Gasteiger partial charge in [0, 0.05) is 13.1 Å². The van der Waals surface area contributed by atoms with Crippen molar-refractivity contribution in [1.82, 2.24) is 9.62 Å². The number of hydrogen-bond donors (Lipinski definition) is 1. The molecule has 3 rings (SSSR count). The Morgan fingerprint density at radius 2 is 1.68 bits per heavy atom. The number of aryl methyl sites for hydroxylation is 3. The van der Waals surface area contributed by atoms with E-state index in [2.05, 4.69) is 5.32 Å². The van der Waals surface area contributed by atoms with E-state index in [9.17, 15) is 8.42 Å². The third kappa shape index (κ3) is 3.04. The average molecular weight is 345 g/mol. The highest BCUT2D eigenvalue weighted by Crippen LogP contribution is 2.32. The number of piperidine rings is 1. The SMILES string of the molecule is Cc1cc(C)c(S(=O)(=O)N2CCC3CNCC3C2)c(C)c1.Cl. The van der Waals surface area contributed by atoms with E-state index in [1.165, 1.54) is 0 Å². The number of nitrogens with zero attached hydrogens (tertiary/aromatic N) is 1. The molecule has 0 aromatic heterocycles. The molecule has 2 heterocycles. The minimum Gasteiger partial charge on any atom is -0.316 e. The van der Waals surface area contributed by atoms with E-state index in [1.54, 1.807) is 4.31 Å². The second-order valence-electron chi connectivity index (χ2n) is 6.56. The third-order valence-corrected chi connectivity index (χ3v) is 7.04. The Morgan fingerprint density at radius 1 is 1.09 bits per heavy atom. The molecule has 2 aliphatic rings. The smallest absolute Gasteiger partial charge is 0.243 e. The largest absolute Gasteiger partial charge is 0.316 e. The Labute approximate surface area is 139 Å². The van der Waals surface area contributed by atoms with Gasteiger partial charge in [-0.05, 0) is 63.2 Å². The molecule has 22 heavy (non-hydrogen) atoms. The predicted molar refractivity (Wildman–Crippen MR) is 91.1 cm³/mol. The zero-order valence-corrected chi connectivity index (χ0v) is 15.1. The molecule has 124 valence electrons. The van der Waals surface area contributed by atoms with Gasteiger partial charge in [0.15, 0.2) is 0 Å². The molecule has 1 aromatic carbocycles. The van der Waals surface area contributed by atoms with Gasteiger partial charge in [0.05, 0.1) is 4.90 Å². The lowest BCUT2D eigenvalue weighted by Crippen LogP contribution is -2.43. The standard InChI is InChI=1S/C16H24N2O2S.ClH/c1-11-6-12(2)16(13(3)7-11)21(19,20)18-5-4-14-8-17-9-15(14)10-18;/h6-7,14-15,17H,4-5,8-10H2,1-3H3;1H. The molecule has 1 N–H and O–H groups in total. The summed E-state index contributed by atoms with van der Waals surface area (Å²) in [6.07, 6.45) is 0.973. The molecule has 2 atom stereocenters. The van der Waals surface area contributed by atoms with Crippen LogP contribution in [0.4, 0.5) is 0 Å². The molecule has 0 saturated carbocycles. The monoisotopic (exact) mass is 344 g/mol. The summed E-state index contributed by atoms with van der Waals surface area (Å²) < 4.78 is 27.8. The molecule has 2 unspecified atom stereocenters. The van der Waals surface area contributed by atoms with Crippen molar-refractivity contribution < 1.29 is 8.42 Å². The second kappa shape index (κ2) is 6.48. The first-order valence-electron chi connectivity index (χ1n) is 7.68. The minimum atomic E-state index is -3.37. The first-order valence-corrected chi connectivity index (χ1v) is 9.12. The average Bonchev–Trinajstić information content (AvgIpc) is 2.83. The molecule has 2 aliphatic heterocycles. The maximum absolute atomic E-state index is 13.0. The molecule has 2 saturated heterocycles. The van der Waals surface area contributed by atoms with E-state index < -0.39 is 10.0 Å². The summed E-state index contributed by atoms with van der Waals surface area (Å²) in [5, 5.41) is 3.38.